The Morgan fingerprint density at radius 3 is 2.65 bits per heavy atom. The number of benzene rings is 1. The second-order valence-corrected chi connectivity index (χ2v) is 4.80. The number of nitrogens with zero attached hydrogens (tertiary/aromatic N) is 2. The fourth-order valence-corrected chi connectivity index (χ4v) is 1.86. The predicted octanol–water partition coefficient (Wildman–Crippen LogP) is 2.17. The van der Waals surface area contributed by atoms with Crippen molar-refractivity contribution in [2.75, 3.05) is 0 Å². The Balaban J connectivity index is 1.95. The molecule has 1 heterocycles. The Morgan fingerprint density at radius 2 is 2.00 bits per heavy atom. The normalized spacial score (nSPS) is 18.9. The Hall–Kier alpha value is -1.68. The molecule has 1 atom stereocenters. The zero-order chi connectivity index (χ0) is 11.9. The van der Waals surface area contributed by atoms with Crippen LogP contribution in [-0.2, 0) is 5.54 Å². The molecule has 1 fully saturated rings. The summed E-state index contributed by atoms with van der Waals surface area (Å²) in [5, 5.41) is 4.00. The van der Waals surface area contributed by atoms with Crippen molar-refractivity contribution >= 4 is 0 Å². The molecule has 0 spiro atoms. The molecule has 0 saturated heterocycles. The van der Waals surface area contributed by atoms with Crippen LogP contribution in [0.3, 0.4) is 0 Å². The van der Waals surface area contributed by atoms with E-state index in [1.807, 2.05) is 37.3 Å². The third kappa shape index (κ3) is 1.85. The molecular weight excluding hydrogens is 214 g/mol. The van der Waals surface area contributed by atoms with E-state index in [0.29, 0.717) is 11.8 Å². The minimum Gasteiger partial charge on any atom is -0.337 e. The lowest BCUT2D eigenvalue weighted by atomic mass is 9.93. The Labute approximate surface area is 99.8 Å². The van der Waals surface area contributed by atoms with E-state index in [9.17, 15) is 0 Å². The summed E-state index contributed by atoms with van der Waals surface area (Å²) in [7, 11) is 0. The van der Waals surface area contributed by atoms with Crippen LogP contribution in [0.4, 0.5) is 0 Å². The molecule has 0 radical (unpaired) electrons. The van der Waals surface area contributed by atoms with Crippen molar-refractivity contribution in [3.05, 3.63) is 47.6 Å². The van der Waals surface area contributed by atoms with Gasteiger partial charge in [-0.05, 0) is 25.3 Å². The molecular formula is C13H15N3O. The van der Waals surface area contributed by atoms with Gasteiger partial charge in [0, 0.05) is 5.92 Å². The topological polar surface area (TPSA) is 64.9 Å². The van der Waals surface area contributed by atoms with Crippen molar-refractivity contribution in [1.82, 2.24) is 10.1 Å². The first-order valence-corrected chi connectivity index (χ1v) is 5.86. The summed E-state index contributed by atoms with van der Waals surface area (Å²) < 4.78 is 5.30. The van der Waals surface area contributed by atoms with Crippen molar-refractivity contribution in [2.45, 2.75) is 31.2 Å². The van der Waals surface area contributed by atoms with E-state index in [-0.39, 0.29) is 0 Å². The summed E-state index contributed by atoms with van der Waals surface area (Å²) in [5.74, 6) is 1.78. The summed E-state index contributed by atoms with van der Waals surface area (Å²) >= 11 is 0. The van der Waals surface area contributed by atoms with E-state index in [2.05, 4.69) is 10.1 Å². The molecule has 0 amide bonds. The van der Waals surface area contributed by atoms with Crippen LogP contribution in [0, 0.1) is 0 Å². The van der Waals surface area contributed by atoms with E-state index in [1.165, 1.54) is 0 Å². The van der Waals surface area contributed by atoms with Gasteiger partial charge in [-0.1, -0.05) is 35.5 Å². The molecule has 4 heteroatoms. The minimum atomic E-state index is -0.721. The number of hydrogen-bond donors (Lipinski definition) is 1. The standard InChI is InChI=1S/C13H15N3O/c1-13(14,10-5-3-2-4-6-10)12-15-11(16-17-12)9-7-8-9/h2-6,9H,7-8,14H2,1H3. The number of nitrogens with two attached hydrogens (primary N) is 1. The van der Waals surface area contributed by atoms with E-state index < -0.39 is 5.54 Å². The zero-order valence-electron chi connectivity index (χ0n) is 9.76. The van der Waals surface area contributed by atoms with Crippen LogP contribution in [0.15, 0.2) is 34.9 Å². The predicted molar refractivity (Wildman–Crippen MR) is 63.4 cm³/mol. The number of hydrogen-bond acceptors (Lipinski definition) is 4. The molecule has 1 aromatic heterocycles. The Bertz CT molecular complexity index is 514. The van der Waals surface area contributed by atoms with Gasteiger partial charge in [0.05, 0.1) is 0 Å². The van der Waals surface area contributed by atoms with Gasteiger partial charge in [-0.15, -0.1) is 0 Å². The fourth-order valence-electron chi connectivity index (χ4n) is 1.86. The highest BCUT2D eigenvalue weighted by Gasteiger charge is 2.34. The zero-order valence-corrected chi connectivity index (χ0v) is 9.76. The molecule has 1 aliphatic carbocycles. The minimum absolute atomic E-state index is 0.485. The number of rotatable bonds is 3. The monoisotopic (exact) mass is 229 g/mol. The van der Waals surface area contributed by atoms with Gasteiger partial charge in [-0.25, -0.2) is 0 Å². The van der Waals surface area contributed by atoms with Gasteiger partial charge in [0.25, 0.3) is 5.89 Å². The van der Waals surface area contributed by atoms with Crippen LogP contribution in [0.1, 0.15) is 43.0 Å². The summed E-state index contributed by atoms with van der Waals surface area (Å²) in [4.78, 5) is 4.42. The summed E-state index contributed by atoms with van der Waals surface area (Å²) in [6, 6.07) is 9.82. The first-order chi connectivity index (χ1) is 8.18. The lowest BCUT2D eigenvalue weighted by Crippen LogP contribution is -2.34. The maximum absolute atomic E-state index is 6.30. The lowest BCUT2D eigenvalue weighted by molar-refractivity contribution is 0.322. The van der Waals surface area contributed by atoms with E-state index in [1.54, 1.807) is 0 Å². The smallest absolute Gasteiger partial charge is 0.251 e. The molecule has 1 aromatic carbocycles. The first kappa shape index (κ1) is 10.5. The lowest BCUT2D eigenvalue weighted by Gasteiger charge is -2.20. The van der Waals surface area contributed by atoms with Crippen LogP contribution >= 0.6 is 0 Å². The highest BCUT2D eigenvalue weighted by atomic mass is 16.5. The van der Waals surface area contributed by atoms with Crippen LogP contribution in [0.5, 0.6) is 0 Å². The average molecular weight is 229 g/mol. The second kappa shape index (κ2) is 3.67. The number of aromatic nitrogens is 2. The van der Waals surface area contributed by atoms with Gasteiger partial charge in [0.2, 0.25) is 0 Å². The Morgan fingerprint density at radius 1 is 1.29 bits per heavy atom. The van der Waals surface area contributed by atoms with Crippen molar-refractivity contribution in [1.29, 1.82) is 0 Å². The molecule has 3 rings (SSSR count). The fraction of sp³-hybridized carbons (Fsp3) is 0.385. The van der Waals surface area contributed by atoms with Gasteiger partial charge >= 0.3 is 0 Å². The SMILES string of the molecule is CC(N)(c1ccccc1)c1nc(C2CC2)no1. The Kier molecular flexibility index (Phi) is 2.26. The van der Waals surface area contributed by atoms with Crippen molar-refractivity contribution in [3.63, 3.8) is 0 Å². The van der Waals surface area contributed by atoms with Crippen LogP contribution < -0.4 is 5.73 Å². The molecule has 0 bridgehead atoms. The molecule has 17 heavy (non-hydrogen) atoms. The summed E-state index contributed by atoms with van der Waals surface area (Å²) in [5.41, 5.74) is 6.55. The van der Waals surface area contributed by atoms with Crippen LogP contribution in [0.2, 0.25) is 0 Å². The van der Waals surface area contributed by atoms with Gasteiger partial charge in [0.1, 0.15) is 5.54 Å². The molecule has 88 valence electrons. The molecule has 2 aromatic rings. The summed E-state index contributed by atoms with van der Waals surface area (Å²) in [6.45, 7) is 1.90. The van der Waals surface area contributed by atoms with E-state index in [0.717, 1.165) is 24.2 Å². The third-order valence-corrected chi connectivity index (χ3v) is 3.20. The average Bonchev–Trinajstić information content (AvgIpc) is 3.08. The van der Waals surface area contributed by atoms with E-state index in [4.69, 9.17) is 10.3 Å². The van der Waals surface area contributed by atoms with Crippen LogP contribution in [-0.4, -0.2) is 10.1 Å². The quantitative estimate of drug-likeness (QED) is 0.876. The highest BCUT2D eigenvalue weighted by molar-refractivity contribution is 5.29. The van der Waals surface area contributed by atoms with Gasteiger partial charge < -0.3 is 10.3 Å². The highest BCUT2D eigenvalue weighted by Crippen LogP contribution is 2.39. The molecule has 4 nitrogen and oxygen atoms in total. The largest absolute Gasteiger partial charge is 0.337 e. The van der Waals surface area contributed by atoms with Gasteiger partial charge in [0.15, 0.2) is 5.82 Å². The van der Waals surface area contributed by atoms with Gasteiger partial charge in [-0.3, -0.25) is 0 Å². The first-order valence-electron chi connectivity index (χ1n) is 5.86. The maximum Gasteiger partial charge on any atom is 0.251 e. The van der Waals surface area contributed by atoms with Gasteiger partial charge in [-0.2, -0.15) is 4.98 Å². The third-order valence-electron chi connectivity index (χ3n) is 3.20. The summed E-state index contributed by atoms with van der Waals surface area (Å²) in [6.07, 6.45) is 2.32. The molecule has 1 saturated carbocycles. The maximum atomic E-state index is 6.30. The van der Waals surface area contributed by atoms with Crippen molar-refractivity contribution < 1.29 is 4.52 Å². The molecule has 1 aliphatic rings. The molecule has 1 unspecified atom stereocenters. The van der Waals surface area contributed by atoms with Crippen molar-refractivity contribution in [3.8, 4) is 0 Å². The van der Waals surface area contributed by atoms with E-state index >= 15 is 0 Å². The molecule has 0 aliphatic heterocycles. The molecule has 2 N–H and O–H groups in total. The van der Waals surface area contributed by atoms with Crippen molar-refractivity contribution in [2.24, 2.45) is 5.73 Å². The second-order valence-electron chi connectivity index (χ2n) is 4.80. The van der Waals surface area contributed by atoms with Crippen LogP contribution in [0.25, 0.3) is 0 Å².